The Hall–Kier alpha value is -0.0100. The predicted octanol–water partition coefficient (Wildman–Crippen LogP) is 3.33. The smallest absolute Gasteiger partial charge is 0.128 e. The van der Waals surface area contributed by atoms with Gasteiger partial charge in [-0.1, -0.05) is 23.3 Å². The van der Waals surface area contributed by atoms with Crippen LogP contribution in [-0.4, -0.2) is 12.2 Å². The lowest BCUT2D eigenvalue weighted by molar-refractivity contribution is 0.117. The first-order valence-corrected chi connectivity index (χ1v) is 4.48. The molecule has 0 aliphatic rings. The van der Waals surface area contributed by atoms with E-state index in [0.717, 1.165) is 19.4 Å². The highest BCUT2D eigenvalue weighted by molar-refractivity contribution is 6.19. The van der Waals surface area contributed by atoms with E-state index < -0.39 is 0 Å². The van der Waals surface area contributed by atoms with E-state index in [4.69, 9.17) is 16.3 Å². The van der Waals surface area contributed by atoms with Crippen LogP contribution in [0.4, 0.5) is 0 Å². The highest BCUT2D eigenvalue weighted by Crippen LogP contribution is 2.05. The van der Waals surface area contributed by atoms with E-state index in [9.17, 15) is 0 Å². The van der Waals surface area contributed by atoms with Gasteiger partial charge in [-0.25, -0.2) is 0 Å². The Labute approximate surface area is 74.4 Å². The topological polar surface area (TPSA) is 9.23 Å². The maximum atomic E-state index is 5.59. The van der Waals surface area contributed by atoms with Crippen LogP contribution in [0.1, 0.15) is 33.6 Å². The van der Waals surface area contributed by atoms with Crippen LogP contribution < -0.4 is 0 Å². The second-order valence-electron chi connectivity index (χ2n) is 2.65. The van der Waals surface area contributed by atoms with Crippen molar-refractivity contribution in [2.45, 2.75) is 39.2 Å². The summed E-state index contributed by atoms with van der Waals surface area (Å²) in [6.45, 7) is 6.78. The van der Waals surface area contributed by atoms with Crippen molar-refractivity contribution in [3.63, 3.8) is 0 Å². The van der Waals surface area contributed by atoms with Gasteiger partial charge in [0, 0.05) is 6.61 Å². The van der Waals surface area contributed by atoms with Crippen LogP contribution in [0, 0.1) is 0 Å². The van der Waals surface area contributed by atoms with Crippen LogP contribution in [0.5, 0.6) is 0 Å². The lowest BCUT2D eigenvalue weighted by atomic mass is 10.2. The molecule has 0 aliphatic heterocycles. The summed E-state index contributed by atoms with van der Waals surface area (Å²) in [6.07, 6.45) is 4.30. The molecule has 0 radical (unpaired) electrons. The van der Waals surface area contributed by atoms with Gasteiger partial charge < -0.3 is 4.74 Å². The molecule has 1 atom stereocenters. The van der Waals surface area contributed by atoms with E-state index in [1.165, 1.54) is 5.57 Å². The molecule has 1 unspecified atom stereocenters. The van der Waals surface area contributed by atoms with Crippen molar-refractivity contribution in [3.05, 3.63) is 11.6 Å². The minimum atomic E-state index is -0.152. The van der Waals surface area contributed by atoms with E-state index in [1.807, 2.05) is 6.92 Å². The number of allylic oxidation sites excluding steroid dienone is 2. The zero-order valence-electron chi connectivity index (χ0n) is 7.56. The van der Waals surface area contributed by atoms with Crippen molar-refractivity contribution in [3.8, 4) is 0 Å². The number of alkyl halides is 1. The van der Waals surface area contributed by atoms with E-state index in [1.54, 1.807) is 0 Å². The summed E-state index contributed by atoms with van der Waals surface area (Å²) in [5, 5.41) is 0. The molecule has 0 aromatic heterocycles. The lowest BCUT2D eigenvalue weighted by Gasteiger charge is -2.04. The monoisotopic (exact) mass is 176 g/mol. The molecule has 2 heteroatoms. The highest BCUT2D eigenvalue weighted by Gasteiger charge is 1.94. The van der Waals surface area contributed by atoms with Gasteiger partial charge in [-0.3, -0.25) is 0 Å². The predicted molar refractivity (Wildman–Crippen MR) is 49.9 cm³/mol. The molecular weight excluding hydrogens is 160 g/mol. The van der Waals surface area contributed by atoms with Crippen LogP contribution in [0.25, 0.3) is 0 Å². The normalized spacial score (nSPS) is 15.1. The molecule has 0 fully saturated rings. The van der Waals surface area contributed by atoms with Gasteiger partial charge in [-0.05, 0) is 33.6 Å². The maximum Gasteiger partial charge on any atom is 0.128 e. The molecule has 0 aromatic rings. The van der Waals surface area contributed by atoms with E-state index in [-0.39, 0.29) is 5.56 Å². The Morgan fingerprint density at radius 3 is 2.73 bits per heavy atom. The highest BCUT2D eigenvalue weighted by atomic mass is 35.5. The number of hydrogen-bond acceptors (Lipinski definition) is 1. The molecule has 66 valence electrons. The number of hydrogen-bond donors (Lipinski definition) is 0. The third-order valence-electron chi connectivity index (χ3n) is 1.56. The molecule has 0 bridgehead atoms. The molecule has 0 rings (SSSR count). The standard InChI is InChI=1S/C9H17ClO/c1-4-8(2)6-5-7-11-9(3)10/h4,9H,5-7H2,1-3H3/b8-4+. The van der Waals surface area contributed by atoms with Gasteiger partial charge in [-0.15, -0.1) is 0 Å². The third kappa shape index (κ3) is 7.89. The quantitative estimate of drug-likeness (QED) is 0.355. The Balaban J connectivity index is 3.15. The molecule has 0 N–H and O–H groups in total. The minimum absolute atomic E-state index is 0.152. The molecule has 0 saturated heterocycles. The largest absolute Gasteiger partial charge is 0.363 e. The van der Waals surface area contributed by atoms with Crippen molar-refractivity contribution in [1.82, 2.24) is 0 Å². The Morgan fingerprint density at radius 2 is 2.27 bits per heavy atom. The van der Waals surface area contributed by atoms with Crippen molar-refractivity contribution >= 4 is 11.6 Å². The summed E-state index contributed by atoms with van der Waals surface area (Å²) in [7, 11) is 0. The van der Waals surface area contributed by atoms with E-state index in [2.05, 4.69) is 19.9 Å². The fraction of sp³-hybridized carbons (Fsp3) is 0.778. The molecule has 0 aromatic carbocycles. The zero-order chi connectivity index (χ0) is 8.69. The number of rotatable bonds is 5. The Bertz CT molecular complexity index is 119. The van der Waals surface area contributed by atoms with Gasteiger partial charge in [0.25, 0.3) is 0 Å². The van der Waals surface area contributed by atoms with Gasteiger partial charge >= 0.3 is 0 Å². The van der Waals surface area contributed by atoms with Crippen LogP contribution in [-0.2, 0) is 4.74 Å². The fourth-order valence-corrected chi connectivity index (χ4v) is 0.830. The summed E-state index contributed by atoms with van der Waals surface area (Å²) in [4.78, 5) is 0. The average molecular weight is 177 g/mol. The number of halogens is 1. The fourth-order valence-electron chi connectivity index (χ4n) is 0.741. The summed E-state index contributed by atoms with van der Waals surface area (Å²) >= 11 is 5.59. The first kappa shape index (κ1) is 11.0. The first-order valence-electron chi connectivity index (χ1n) is 4.04. The summed E-state index contributed by atoms with van der Waals surface area (Å²) in [5.74, 6) is 0. The van der Waals surface area contributed by atoms with Crippen LogP contribution in [0.2, 0.25) is 0 Å². The molecular formula is C9H17ClO. The Kier molecular flexibility index (Phi) is 6.68. The third-order valence-corrected chi connectivity index (χ3v) is 1.68. The van der Waals surface area contributed by atoms with Crippen LogP contribution >= 0.6 is 11.6 Å². The molecule has 11 heavy (non-hydrogen) atoms. The van der Waals surface area contributed by atoms with Crippen molar-refractivity contribution in [1.29, 1.82) is 0 Å². The van der Waals surface area contributed by atoms with Crippen molar-refractivity contribution in [2.75, 3.05) is 6.61 Å². The summed E-state index contributed by atoms with van der Waals surface area (Å²) in [5.41, 5.74) is 1.26. The maximum absolute atomic E-state index is 5.59. The van der Waals surface area contributed by atoms with Crippen molar-refractivity contribution < 1.29 is 4.74 Å². The molecule has 1 nitrogen and oxygen atoms in total. The van der Waals surface area contributed by atoms with E-state index in [0.29, 0.717) is 0 Å². The van der Waals surface area contributed by atoms with Gasteiger partial charge in [0.2, 0.25) is 0 Å². The second kappa shape index (κ2) is 6.68. The van der Waals surface area contributed by atoms with Crippen LogP contribution in [0.15, 0.2) is 11.6 Å². The zero-order valence-corrected chi connectivity index (χ0v) is 8.32. The van der Waals surface area contributed by atoms with Gasteiger partial charge in [-0.2, -0.15) is 0 Å². The van der Waals surface area contributed by atoms with Gasteiger partial charge in [0.05, 0.1) is 0 Å². The van der Waals surface area contributed by atoms with Crippen LogP contribution in [0.3, 0.4) is 0 Å². The Morgan fingerprint density at radius 1 is 1.64 bits per heavy atom. The SMILES string of the molecule is C/C=C(\C)CCCOC(C)Cl. The molecule has 0 amide bonds. The minimum Gasteiger partial charge on any atom is -0.363 e. The van der Waals surface area contributed by atoms with Gasteiger partial charge in [0.1, 0.15) is 5.56 Å². The summed E-state index contributed by atoms with van der Waals surface area (Å²) < 4.78 is 5.17. The molecule has 0 spiro atoms. The van der Waals surface area contributed by atoms with E-state index >= 15 is 0 Å². The average Bonchev–Trinajstić information content (AvgIpc) is 1.97. The summed E-state index contributed by atoms with van der Waals surface area (Å²) in [6, 6.07) is 0. The lowest BCUT2D eigenvalue weighted by Crippen LogP contribution is -2.00. The molecule has 0 heterocycles. The first-order chi connectivity index (χ1) is 5.16. The van der Waals surface area contributed by atoms with Gasteiger partial charge in [0.15, 0.2) is 0 Å². The molecule has 0 aliphatic carbocycles. The van der Waals surface area contributed by atoms with Crippen molar-refractivity contribution in [2.24, 2.45) is 0 Å². The molecule has 0 saturated carbocycles. The second-order valence-corrected chi connectivity index (χ2v) is 3.27. The number of ether oxygens (including phenoxy) is 1.